The SMILES string of the molecule is COc1ccc(CC(CO)c2ccccc2)c(O)c1. The summed E-state index contributed by atoms with van der Waals surface area (Å²) in [6.45, 7) is 0.0511. The van der Waals surface area contributed by atoms with Crippen molar-refractivity contribution in [3.63, 3.8) is 0 Å². The first-order chi connectivity index (χ1) is 9.24. The summed E-state index contributed by atoms with van der Waals surface area (Å²) in [5.74, 6) is 0.815. The first-order valence-electron chi connectivity index (χ1n) is 6.26. The van der Waals surface area contributed by atoms with E-state index in [0.717, 1.165) is 11.1 Å². The average Bonchev–Trinajstić information content (AvgIpc) is 2.47. The van der Waals surface area contributed by atoms with Gasteiger partial charge in [-0.15, -0.1) is 0 Å². The summed E-state index contributed by atoms with van der Waals surface area (Å²) in [7, 11) is 1.56. The third kappa shape index (κ3) is 3.26. The summed E-state index contributed by atoms with van der Waals surface area (Å²) >= 11 is 0. The second-order valence-corrected chi connectivity index (χ2v) is 4.49. The summed E-state index contributed by atoms with van der Waals surface area (Å²) in [5.41, 5.74) is 1.88. The van der Waals surface area contributed by atoms with Gasteiger partial charge in [0, 0.05) is 12.0 Å². The average molecular weight is 258 g/mol. The molecule has 0 spiro atoms. The van der Waals surface area contributed by atoms with Crippen LogP contribution in [0.2, 0.25) is 0 Å². The second-order valence-electron chi connectivity index (χ2n) is 4.49. The van der Waals surface area contributed by atoms with E-state index in [1.54, 1.807) is 13.2 Å². The highest BCUT2D eigenvalue weighted by atomic mass is 16.5. The van der Waals surface area contributed by atoms with E-state index < -0.39 is 0 Å². The number of aliphatic hydroxyl groups is 1. The van der Waals surface area contributed by atoms with Gasteiger partial charge in [-0.25, -0.2) is 0 Å². The Hall–Kier alpha value is -2.00. The van der Waals surface area contributed by atoms with Crippen LogP contribution >= 0.6 is 0 Å². The summed E-state index contributed by atoms with van der Waals surface area (Å²) in [5, 5.41) is 19.5. The van der Waals surface area contributed by atoms with Crippen molar-refractivity contribution in [2.75, 3.05) is 13.7 Å². The Kier molecular flexibility index (Phi) is 4.42. The third-order valence-corrected chi connectivity index (χ3v) is 3.25. The third-order valence-electron chi connectivity index (χ3n) is 3.25. The van der Waals surface area contributed by atoms with Gasteiger partial charge in [0.05, 0.1) is 13.7 Å². The van der Waals surface area contributed by atoms with Gasteiger partial charge in [0.25, 0.3) is 0 Å². The molecule has 2 aromatic rings. The highest BCUT2D eigenvalue weighted by Gasteiger charge is 2.13. The molecule has 0 aliphatic heterocycles. The number of aliphatic hydroxyl groups excluding tert-OH is 1. The molecule has 2 N–H and O–H groups in total. The van der Waals surface area contributed by atoms with E-state index in [1.807, 2.05) is 42.5 Å². The van der Waals surface area contributed by atoms with E-state index in [0.29, 0.717) is 12.2 Å². The fourth-order valence-corrected chi connectivity index (χ4v) is 2.12. The fraction of sp³-hybridized carbons (Fsp3) is 0.250. The molecule has 2 rings (SSSR count). The summed E-state index contributed by atoms with van der Waals surface area (Å²) < 4.78 is 5.06. The van der Waals surface area contributed by atoms with Crippen LogP contribution in [0.5, 0.6) is 11.5 Å². The van der Waals surface area contributed by atoms with Crippen LogP contribution in [-0.2, 0) is 6.42 Å². The van der Waals surface area contributed by atoms with Crippen LogP contribution in [-0.4, -0.2) is 23.9 Å². The minimum absolute atomic E-state index is 0.0134. The first kappa shape index (κ1) is 13.4. The predicted octanol–water partition coefficient (Wildman–Crippen LogP) is 2.72. The molecule has 0 bridgehead atoms. The Labute approximate surface area is 113 Å². The van der Waals surface area contributed by atoms with Gasteiger partial charge in [0.1, 0.15) is 11.5 Å². The molecule has 1 unspecified atom stereocenters. The molecule has 19 heavy (non-hydrogen) atoms. The number of phenolic OH excluding ortho intramolecular Hbond substituents is 1. The molecular weight excluding hydrogens is 240 g/mol. The van der Waals surface area contributed by atoms with Gasteiger partial charge in [0.15, 0.2) is 0 Å². The summed E-state index contributed by atoms with van der Waals surface area (Å²) in [6.07, 6.45) is 0.594. The van der Waals surface area contributed by atoms with Crippen molar-refractivity contribution in [1.29, 1.82) is 0 Å². The van der Waals surface area contributed by atoms with Crippen molar-refractivity contribution in [3.05, 3.63) is 59.7 Å². The van der Waals surface area contributed by atoms with Crippen LogP contribution < -0.4 is 4.74 Å². The van der Waals surface area contributed by atoms with Gasteiger partial charge in [0.2, 0.25) is 0 Å². The number of aromatic hydroxyl groups is 1. The summed E-state index contributed by atoms with van der Waals surface area (Å²) in [4.78, 5) is 0. The minimum Gasteiger partial charge on any atom is -0.508 e. The largest absolute Gasteiger partial charge is 0.508 e. The standard InChI is InChI=1S/C16H18O3/c1-19-15-8-7-13(16(18)10-15)9-14(11-17)12-5-3-2-4-6-12/h2-8,10,14,17-18H,9,11H2,1H3. The van der Waals surface area contributed by atoms with Gasteiger partial charge in [-0.3, -0.25) is 0 Å². The van der Waals surface area contributed by atoms with Crippen LogP contribution in [0.4, 0.5) is 0 Å². The Morgan fingerprint density at radius 2 is 1.84 bits per heavy atom. The zero-order valence-corrected chi connectivity index (χ0v) is 10.9. The van der Waals surface area contributed by atoms with E-state index in [9.17, 15) is 10.2 Å². The van der Waals surface area contributed by atoms with Crippen molar-refractivity contribution in [2.45, 2.75) is 12.3 Å². The molecule has 0 aromatic heterocycles. The zero-order chi connectivity index (χ0) is 13.7. The highest BCUT2D eigenvalue weighted by molar-refractivity contribution is 5.40. The van der Waals surface area contributed by atoms with Crippen LogP contribution in [0.15, 0.2) is 48.5 Å². The predicted molar refractivity (Wildman–Crippen MR) is 74.6 cm³/mol. The van der Waals surface area contributed by atoms with Crippen LogP contribution in [0.3, 0.4) is 0 Å². The van der Waals surface area contributed by atoms with Crippen molar-refractivity contribution in [3.8, 4) is 11.5 Å². The lowest BCUT2D eigenvalue weighted by molar-refractivity contribution is 0.263. The number of methoxy groups -OCH3 is 1. The molecule has 2 aromatic carbocycles. The first-order valence-corrected chi connectivity index (χ1v) is 6.26. The molecule has 1 atom stereocenters. The molecule has 0 aliphatic rings. The van der Waals surface area contributed by atoms with Crippen molar-refractivity contribution in [2.24, 2.45) is 0 Å². The molecule has 0 heterocycles. The lowest BCUT2D eigenvalue weighted by Gasteiger charge is -2.16. The normalized spacial score (nSPS) is 12.1. The molecule has 3 nitrogen and oxygen atoms in total. The maximum atomic E-state index is 9.95. The molecular formula is C16H18O3. The van der Waals surface area contributed by atoms with E-state index in [2.05, 4.69) is 0 Å². The number of hydrogen-bond acceptors (Lipinski definition) is 3. The van der Waals surface area contributed by atoms with E-state index >= 15 is 0 Å². The van der Waals surface area contributed by atoms with Crippen LogP contribution in [0.25, 0.3) is 0 Å². The van der Waals surface area contributed by atoms with Gasteiger partial charge in [-0.1, -0.05) is 36.4 Å². The smallest absolute Gasteiger partial charge is 0.122 e. The Balaban J connectivity index is 2.19. The Morgan fingerprint density at radius 3 is 2.42 bits per heavy atom. The quantitative estimate of drug-likeness (QED) is 0.867. The van der Waals surface area contributed by atoms with Crippen molar-refractivity contribution >= 4 is 0 Å². The number of phenols is 1. The zero-order valence-electron chi connectivity index (χ0n) is 10.9. The lowest BCUT2D eigenvalue weighted by atomic mass is 9.92. The van der Waals surface area contributed by atoms with Crippen LogP contribution in [0.1, 0.15) is 17.0 Å². The molecule has 100 valence electrons. The molecule has 0 amide bonds. The number of ether oxygens (including phenoxy) is 1. The minimum atomic E-state index is -0.0134. The van der Waals surface area contributed by atoms with Gasteiger partial charge in [-0.05, 0) is 23.6 Å². The molecule has 0 saturated carbocycles. The van der Waals surface area contributed by atoms with Crippen LogP contribution in [0, 0.1) is 0 Å². The number of rotatable bonds is 5. The molecule has 0 aliphatic carbocycles. The van der Waals surface area contributed by atoms with Crippen molar-refractivity contribution in [1.82, 2.24) is 0 Å². The van der Waals surface area contributed by atoms with Gasteiger partial charge >= 0.3 is 0 Å². The molecule has 3 heteroatoms. The number of hydrogen-bond donors (Lipinski definition) is 2. The van der Waals surface area contributed by atoms with E-state index in [4.69, 9.17) is 4.74 Å². The summed E-state index contributed by atoms with van der Waals surface area (Å²) in [6, 6.07) is 15.1. The molecule has 0 radical (unpaired) electrons. The van der Waals surface area contributed by atoms with Gasteiger partial charge in [-0.2, -0.15) is 0 Å². The van der Waals surface area contributed by atoms with E-state index in [-0.39, 0.29) is 18.3 Å². The van der Waals surface area contributed by atoms with Crippen molar-refractivity contribution < 1.29 is 14.9 Å². The Bertz CT molecular complexity index is 523. The lowest BCUT2D eigenvalue weighted by Crippen LogP contribution is -2.07. The maximum Gasteiger partial charge on any atom is 0.122 e. The van der Waals surface area contributed by atoms with Gasteiger partial charge < -0.3 is 14.9 Å². The maximum absolute atomic E-state index is 9.95. The highest BCUT2D eigenvalue weighted by Crippen LogP contribution is 2.28. The topological polar surface area (TPSA) is 49.7 Å². The van der Waals surface area contributed by atoms with E-state index in [1.165, 1.54) is 0 Å². The molecule has 0 saturated heterocycles. The fourth-order valence-electron chi connectivity index (χ4n) is 2.12. The monoisotopic (exact) mass is 258 g/mol. The number of benzene rings is 2. The molecule has 0 fully saturated rings. The second kappa shape index (κ2) is 6.25. The Morgan fingerprint density at radius 1 is 1.11 bits per heavy atom.